The molecular weight excluding hydrogens is 422 g/mol. The van der Waals surface area contributed by atoms with Crippen molar-refractivity contribution in [1.82, 2.24) is 25.5 Å². The Morgan fingerprint density at radius 2 is 1.97 bits per heavy atom. The first-order chi connectivity index (χ1) is 16.0. The number of anilines is 1. The summed E-state index contributed by atoms with van der Waals surface area (Å²) in [7, 11) is 0. The lowest BCUT2D eigenvalue weighted by Crippen LogP contribution is -2.45. The van der Waals surface area contributed by atoms with E-state index >= 15 is 0 Å². The first kappa shape index (κ1) is 22.4. The van der Waals surface area contributed by atoms with E-state index in [-0.39, 0.29) is 18.0 Å². The molecule has 3 aromatic rings. The Balaban J connectivity index is 1.61. The molecule has 2 heterocycles. The quantitative estimate of drug-likeness (QED) is 0.379. The molecule has 0 saturated carbocycles. The fourth-order valence-electron chi connectivity index (χ4n) is 4.32. The number of likely N-dealkylation sites (tertiary alicyclic amines) is 1. The van der Waals surface area contributed by atoms with Crippen molar-refractivity contribution in [3.63, 3.8) is 0 Å². The van der Waals surface area contributed by atoms with Crippen molar-refractivity contribution >= 4 is 17.3 Å². The zero-order chi connectivity index (χ0) is 23.3. The van der Waals surface area contributed by atoms with Crippen LogP contribution in [-0.2, 0) is 23.1 Å². The maximum absolute atomic E-state index is 13.5. The van der Waals surface area contributed by atoms with Crippen LogP contribution >= 0.6 is 0 Å². The summed E-state index contributed by atoms with van der Waals surface area (Å²) in [4.78, 5) is 26.9. The summed E-state index contributed by atoms with van der Waals surface area (Å²) in [5.41, 5.74) is 1.04. The smallest absolute Gasteiger partial charge is 0.292 e. The van der Waals surface area contributed by atoms with Crippen LogP contribution in [0.5, 0.6) is 0 Å². The molecule has 1 aliphatic rings. The van der Waals surface area contributed by atoms with Crippen LogP contribution in [0.2, 0.25) is 0 Å². The predicted octanol–water partition coefficient (Wildman–Crippen LogP) is 2.89. The lowest BCUT2D eigenvalue weighted by atomic mass is 9.77. The van der Waals surface area contributed by atoms with Gasteiger partial charge in [0.15, 0.2) is 0 Å². The van der Waals surface area contributed by atoms with Crippen LogP contribution in [0.15, 0.2) is 48.5 Å². The van der Waals surface area contributed by atoms with Crippen molar-refractivity contribution < 1.29 is 9.72 Å². The first-order valence-corrected chi connectivity index (χ1v) is 11.1. The molecule has 1 amide bonds. The molecular formula is C23H27N7O3. The maximum Gasteiger partial charge on any atom is 0.292 e. The average Bonchev–Trinajstić information content (AvgIpc) is 3.54. The van der Waals surface area contributed by atoms with Gasteiger partial charge in [0.2, 0.25) is 5.91 Å². The third-order valence-electron chi connectivity index (χ3n) is 6.18. The normalized spacial score (nSPS) is 15.2. The number of hydrogen-bond acceptors (Lipinski definition) is 7. The molecule has 172 valence electrons. The summed E-state index contributed by atoms with van der Waals surface area (Å²) in [5.74, 6) is 0.383. The van der Waals surface area contributed by atoms with E-state index in [4.69, 9.17) is 0 Å². The minimum atomic E-state index is -1.04. The lowest BCUT2D eigenvalue weighted by molar-refractivity contribution is -0.384. The number of nitrogens with zero attached hydrogens (tertiary/aromatic N) is 5. The highest BCUT2D eigenvalue weighted by atomic mass is 16.6. The third-order valence-corrected chi connectivity index (χ3v) is 6.18. The van der Waals surface area contributed by atoms with Gasteiger partial charge in [-0.05, 0) is 53.8 Å². The Bertz CT molecular complexity index is 1100. The fraction of sp³-hybridized carbons (Fsp3) is 0.391. The highest BCUT2D eigenvalue weighted by molar-refractivity contribution is 5.89. The molecule has 2 N–H and O–H groups in total. The van der Waals surface area contributed by atoms with E-state index in [0.717, 1.165) is 24.8 Å². The van der Waals surface area contributed by atoms with E-state index in [0.29, 0.717) is 36.7 Å². The Labute approximate surface area is 191 Å². The molecule has 1 aromatic heterocycles. The number of benzene rings is 2. The van der Waals surface area contributed by atoms with E-state index in [1.807, 2.05) is 35.2 Å². The largest absolute Gasteiger partial charge is 0.379 e. The van der Waals surface area contributed by atoms with Crippen LogP contribution in [0, 0.1) is 10.1 Å². The molecule has 1 aliphatic heterocycles. The zero-order valence-electron chi connectivity index (χ0n) is 18.5. The molecule has 0 bridgehead atoms. The number of carbonyl (C=O) groups is 1. The van der Waals surface area contributed by atoms with Gasteiger partial charge in [0.25, 0.3) is 5.69 Å². The topological polar surface area (TPSA) is 130 Å². The summed E-state index contributed by atoms with van der Waals surface area (Å²) >= 11 is 0. The van der Waals surface area contributed by atoms with Gasteiger partial charge in [-0.2, -0.15) is 0 Å². The molecule has 0 aliphatic carbocycles. The van der Waals surface area contributed by atoms with E-state index in [1.54, 1.807) is 19.1 Å². The summed E-state index contributed by atoms with van der Waals surface area (Å²) in [6.07, 6.45) is 2.86. The second-order valence-corrected chi connectivity index (χ2v) is 8.51. The molecule has 1 unspecified atom stereocenters. The monoisotopic (exact) mass is 449 g/mol. The van der Waals surface area contributed by atoms with Gasteiger partial charge in [-0.15, -0.1) is 5.10 Å². The van der Waals surface area contributed by atoms with Crippen LogP contribution in [-0.4, -0.2) is 56.0 Å². The predicted molar refractivity (Wildman–Crippen MR) is 123 cm³/mol. The number of amides is 1. The molecule has 1 atom stereocenters. The summed E-state index contributed by atoms with van der Waals surface area (Å²) in [6, 6.07) is 14.9. The highest BCUT2D eigenvalue weighted by Crippen LogP contribution is 2.36. The van der Waals surface area contributed by atoms with Crippen LogP contribution in [0.1, 0.15) is 36.7 Å². The molecule has 4 rings (SSSR count). The second kappa shape index (κ2) is 9.76. The van der Waals surface area contributed by atoms with Crippen molar-refractivity contribution in [2.24, 2.45) is 0 Å². The average molecular weight is 450 g/mol. The Morgan fingerprint density at radius 3 is 2.64 bits per heavy atom. The second-order valence-electron chi connectivity index (χ2n) is 8.51. The summed E-state index contributed by atoms with van der Waals surface area (Å²) < 4.78 is 0. The van der Waals surface area contributed by atoms with Crippen LogP contribution in [0.25, 0.3) is 0 Å². The van der Waals surface area contributed by atoms with Crippen LogP contribution in [0.4, 0.5) is 11.4 Å². The molecule has 0 radical (unpaired) electrons. The fourth-order valence-corrected chi connectivity index (χ4v) is 4.32. The van der Waals surface area contributed by atoms with Gasteiger partial charge in [-0.25, -0.2) is 5.10 Å². The van der Waals surface area contributed by atoms with Crippen molar-refractivity contribution in [1.29, 1.82) is 0 Å². The van der Waals surface area contributed by atoms with Crippen molar-refractivity contribution in [2.75, 3.05) is 25.0 Å². The molecule has 0 spiro atoms. The van der Waals surface area contributed by atoms with Crippen molar-refractivity contribution in [2.45, 2.75) is 38.0 Å². The maximum atomic E-state index is 13.5. The molecule has 10 nitrogen and oxygen atoms in total. The lowest BCUT2D eigenvalue weighted by Gasteiger charge is -2.32. The highest BCUT2D eigenvalue weighted by Gasteiger charge is 2.41. The standard InChI is InChI=1S/C23H27N7O3/c1-23(16-21-25-27-28-26-21,22(31)29-13-5-6-14-29)18-9-10-19(20(15-18)30(32)33)24-12-11-17-7-3-2-4-8-17/h2-4,7-10,15,24H,5-6,11-14,16H2,1H3,(H,25,26,27,28). The van der Waals surface area contributed by atoms with Crippen LogP contribution in [0.3, 0.4) is 0 Å². The molecule has 10 heteroatoms. The number of nitro benzene ring substituents is 1. The zero-order valence-corrected chi connectivity index (χ0v) is 18.5. The van der Waals surface area contributed by atoms with E-state index in [9.17, 15) is 14.9 Å². The van der Waals surface area contributed by atoms with Gasteiger partial charge in [0, 0.05) is 32.1 Å². The van der Waals surface area contributed by atoms with Gasteiger partial charge >= 0.3 is 0 Å². The number of tetrazole rings is 1. The van der Waals surface area contributed by atoms with Gasteiger partial charge in [0.1, 0.15) is 11.5 Å². The number of H-pyrrole nitrogens is 1. The summed E-state index contributed by atoms with van der Waals surface area (Å²) in [6.45, 7) is 3.73. The number of rotatable bonds is 9. The Morgan fingerprint density at radius 1 is 1.21 bits per heavy atom. The minimum Gasteiger partial charge on any atom is -0.379 e. The molecule has 1 fully saturated rings. The van der Waals surface area contributed by atoms with Gasteiger partial charge in [0.05, 0.1) is 10.3 Å². The Hall–Kier alpha value is -3.82. The van der Waals surface area contributed by atoms with E-state index in [2.05, 4.69) is 25.9 Å². The minimum absolute atomic E-state index is 0.0586. The van der Waals surface area contributed by atoms with Gasteiger partial charge in [-0.1, -0.05) is 36.4 Å². The number of aromatic nitrogens is 4. The third kappa shape index (κ3) is 5.00. The molecule has 2 aromatic carbocycles. The number of carbonyl (C=O) groups excluding carboxylic acids is 1. The van der Waals surface area contributed by atoms with E-state index < -0.39 is 10.3 Å². The number of nitrogens with one attached hydrogen (secondary N) is 2. The molecule has 33 heavy (non-hydrogen) atoms. The number of nitro groups is 1. The summed E-state index contributed by atoms with van der Waals surface area (Å²) in [5, 5.41) is 29.0. The number of aromatic amines is 1. The van der Waals surface area contributed by atoms with Crippen molar-refractivity contribution in [3.8, 4) is 0 Å². The number of hydrogen-bond donors (Lipinski definition) is 2. The first-order valence-electron chi connectivity index (χ1n) is 11.1. The van der Waals surface area contributed by atoms with Gasteiger partial charge < -0.3 is 10.2 Å². The van der Waals surface area contributed by atoms with Crippen LogP contribution < -0.4 is 5.32 Å². The van der Waals surface area contributed by atoms with Gasteiger partial charge in [-0.3, -0.25) is 14.9 Å². The molecule has 1 saturated heterocycles. The van der Waals surface area contributed by atoms with Crippen molar-refractivity contribution in [3.05, 3.63) is 75.6 Å². The SMILES string of the molecule is CC(Cc1nnn[nH]1)(C(=O)N1CCCC1)c1ccc(NCCc2ccccc2)c([N+](=O)[O-])c1. The van der Waals surface area contributed by atoms with E-state index in [1.165, 1.54) is 6.07 Å². The Kier molecular flexibility index (Phi) is 6.62.